The van der Waals surface area contributed by atoms with Gasteiger partial charge in [0.1, 0.15) is 22.8 Å². The first-order valence-corrected chi connectivity index (χ1v) is 8.38. The molecule has 25 heavy (non-hydrogen) atoms. The summed E-state index contributed by atoms with van der Waals surface area (Å²) >= 11 is 0. The third-order valence-electron chi connectivity index (χ3n) is 4.22. The zero-order valence-corrected chi connectivity index (χ0v) is 14.4. The highest BCUT2D eigenvalue weighted by molar-refractivity contribution is 6.00. The van der Waals surface area contributed by atoms with Gasteiger partial charge in [0, 0.05) is 31.2 Å². The zero-order valence-electron chi connectivity index (χ0n) is 14.4. The summed E-state index contributed by atoms with van der Waals surface area (Å²) in [5.41, 5.74) is 1.46. The van der Waals surface area contributed by atoms with Crippen molar-refractivity contribution in [3.05, 3.63) is 41.4 Å². The molecule has 1 aliphatic heterocycles. The molecule has 0 aliphatic carbocycles. The fraction of sp³-hybridized carbons (Fsp3) is 0.444. The monoisotopic (exact) mass is 347 g/mol. The van der Waals surface area contributed by atoms with Gasteiger partial charge in [-0.15, -0.1) is 0 Å². The maximum atomic E-state index is 13.1. The van der Waals surface area contributed by atoms with Crippen molar-refractivity contribution >= 4 is 5.91 Å². The minimum atomic E-state index is -0.339. The Bertz CT molecular complexity index is 724. The molecular formula is C18H22FN3O3. The maximum Gasteiger partial charge on any atom is 0.257 e. The molecule has 1 aromatic heterocycles. The number of benzene rings is 1. The summed E-state index contributed by atoms with van der Waals surface area (Å²) < 4.78 is 23.7. The molecule has 134 valence electrons. The van der Waals surface area contributed by atoms with Crippen LogP contribution in [0.5, 0.6) is 0 Å². The van der Waals surface area contributed by atoms with Crippen LogP contribution in [0.25, 0.3) is 11.3 Å². The van der Waals surface area contributed by atoms with Gasteiger partial charge in [-0.2, -0.15) is 0 Å². The Hall–Kier alpha value is -2.25. The molecule has 0 saturated carbocycles. The molecule has 2 heterocycles. The van der Waals surface area contributed by atoms with Crippen LogP contribution >= 0.6 is 0 Å². The predicted molar refractivity (Wildman–Crippen MR) is 90.8 cm³/mol. The second-order valence-electron chi connectivity index (χ2n) is 6.26. The van der Waals surface area contributed by atoms with E-state index >= 15 is 0 Å². The van der Waals surface area contributed by atoms with E-state index in [1.54, 1.807) is 19.1 Å². The molecule has 0 radical (unpaired) electrons. The highest BCUT2D eigenvalue weighted by Gasteiger charge is 2.23. The summed E-state index contributed by atoms with van der Waals surface area (Å²) in [7, 11) is 0. The topological polar surface area (TPSA) is 67.6 Å². The van der Waals surface area contributed by atoms with E-state index in [1.165, 1.54) is 12.1 Å². The van der Waals surface area contributed by atoms with E-state index in [4.69, 9.17) is 9.26 Å². The van der Waals surface area contributed by atoms with Gasteiger partial charge in [-0.1, -0.05) is 5.16 Å². The normalized spacial score (nSPS) is 16.6. The summed E-state index contributed by atoms with van der Waals surface area (Å²) in [6.45, 7) is 7.60. The second-order valence-corrected chi connectivity index (χ2v) is 6.26. The first kappa shape index (κ1) is 17.6. The first-order valence-electron chi connectivity index (χ1n) is 8.38. The molecule has 1 aliphatic rings. The van der Waals surface area contributed by atoms with Gasteiger partial charge < -0.3 is 14.6 Å². The van der Waals surface area contributed by atoms with Crippen LogP contribution in [-0.2, 0) is 4.74 Å². The van der Waals surface area contributed by atoms with Gasteiger partial charge >= 0.3 is 0 Å². The maximum absolute atomic E-state index is 13.1. The molecule has 1 atom stereocenters. The number of carbonyl (C=O) groups is 1. The third kappa shape index (κ3) is 4.24. The Morgan fingerprint density at radius 2 is 2.00 bits per heavy atom. The van der Waals surface area contributed by atoms with Gasteiger partial charge in [-0.05, 0) is 38.1 Å². The molecule has 1 saturated heterocycles. The molecule has 1 N–H and O–H groups in total. The van der Waals surface area contributed by atoms with Crippen molar-refractivity contribution in [2.24, 2.45) is 0 Å². The van der Waals surface area contributed by atoms with Crippen LogP contribution < -0.4 is 5.32 Å². The quantitative estimate of drug-likeness (QED) is 0.898. The number of rotatable bonds is 5. The molecule has 6 nitrogen and oxygen atoms in total. The van der Waals surface area contributed by atoms with Crippen LogP contribution in [0.3, 0.4) is 0 Å². The summed E-state index contributed by atoms with van der Waals surface area (Å²) in [6.07, 6.45) is 0. The summed E-state index contributed by atoms with van der Waals surface area (Å²) in [5, 5.41) is 6.97. The second kappa shape index (κ2) is 7.76. The molecule has 0 bridgehead atoms. The van der Waals surface area contributed by atoms with E-state index in [1.807, 2.05) is 6.92 Å². The lowest BCUT2D eigenvalue weighted by Gasteiger charge is -2.29. The molecule has 2 aromatic rings. The van der Waals surface area contributed by atoms with Crippen molar-refractivity contribution in [3.8, 4) is 11.3 Å². The number of aromatic nitrogens is 1. The Morgan fingerprint density at radius 3 is 2.68 bits per heavy atom. The zero-order chi connectivity index (χ0) is 17.8. The lowest BCUT2D eigenvalue weighted by atomic mass is 10.1. The van der Waals surface area contributed by atoms with Gasteiger partial charge in [0.05, 0.1) is 13.2 Å². The number of carbonyl (C=O) groups excluding carboxylic acids is 1. The molecule has 0 spiro atoms. The molecule has 1 unspecified atom stereocenters. The van der Waals surface area contributed by atoms with E-state index in [-0.39, 0.29) is 17.8 Å². The number of halogens is 1. The number of nitrogens with one attached hydrogen (secondary N) is 1. The Balaban J connectivity index is 1.71. The SMILES string of the molecule is Cc1onc(-c2ccc(F)cc2)c1C(=O)NC(C)CN1CCOCC1. The summed E-state index contributed by atoms with van der Waals surface area (Å²) in [4.78, 5) is 15.0. The van der Waals surface area contributed by atoms with Crippen LogP contribution in [-0.4, -0.2) is 54.9 Å². The van der Waals surface area contributed by atoms with Crippen LogP contribution in [0.4, 0.5) is 4.39 Å². The predicted octanol–water partition coefficient (Wildman–Crippen LogP) is 2.24. The number of nitrogens with zero attached hydrogens (tertiary/aromatic N) is 2. The van der Waals surface area contributed by atoms with Crippen molar-refractivity contribution in [3.63, 3.8) is 0 Å². The van der Waals surface area contributed by atoms with Gasteiger partial charge in [0.25, 0.3) is 5.91 Å². The highest BCUT2D eigenvalue weighted by atomic mass is 19.1. The van der Waals surface area contributed by atoms with Crippen LogP contribution in [0.1, 0.15) is 23.0 Å². The number of hydrogen-bond acceptors (Lipinski definition) is 5. The number of hydrogen-bond donors (Lipinski definition) is 1. The minimum absolute atomic E-state index is 0.0269. The van der Waals surface area contributed by atoms with E-state index < -0.39 is 0 Å². The molecule has 7 heteroatoms. The van der Waals surface area contributed by atoms with Crippen LogP contribution in [0, 0.1) is 12.7 Å². The molecule has 1 amide bonds. The average Bonchev–Trinajstić information content (AvgIpc) is 2.98. The van der Waals surface area contributed by atoms with Gasteiger partial charge in [-0.25, -0.2) is 4.39 Å². The van der Waals surface area contributed by atoms with Crippen molar-refractivity contribution < 1.29 is 18.4 Å². The van der Waals surface area contributed by atoms with E-state index in [0.29, 0.717) is 22.6 Å². The molecular weight excluding hydrogens is 325 g/mol. The number of morpholine rings is 1. The van der Waals surface area contributed by atoms with E-state index in [0.717, 1.165) is 32.8 Å². The van der Waals surface area contributed by atoms with Crippen molar-refractivity contribution in [1.29, 1.82) is 0 Å². The van der Waals surface area contributed by atoms with E-state index in [9.17, 15) is 9.18 Å². The van der Waals surface area contributed by atoms with Crippen LogP contribution in [0.15, 0.2) is 28.8 Å². The summed E-state index contributed by atoms with van der Waals surface area (Å²) in [5.74, 6) is -0.136. The summed E-state index contributed by atoms with van der Waals surface area (Å²) in [6, 6.07) is 5.81. The Labute approximate surface area is 145 Å². The largest absolute Gasteiger partial charge is 0.379 e. The van der Waals surface area contributed by atoms with Crippen molar-refractivity contribution in [1.82, 2.24) is 15.4 Å². The highest BCUT2D eigenvalue weighted by Crippen LogP contribution is 2.25. The molecule has 1 aromatic carbocycles. The Kier molecular flexibility index (Phi) is 5.45. The smallest absolute Gasteiger partial charge is 0.257 e. The number of ether oxygens (including phenoxy) is 1. The number of aryl methyl sites for hydroxylation is 1. The third-order valence-corrected chi connectivity index (χ3v) is 4.22. The lowest BCUT2D eigenvalue weighted by Crippen LogP contribution is -2.46. The van der Waals surface area contributed by atoms with E-state index in [2.05, 4.69) is 15.4 Å². The first-order chi connectivity index (χ1) is 12.0. The number of amides is 1. The van der Waals surface area contributed by atoms with Gasteiger partial charge in [0.15, 0.2) is 0 Å². The fourth-order valence-electron chi connectivity index (χ4n) is 2.96. The minimum Gasteiger partial charge on any atom is -0.379 e. The average molecular weight is 347 g/mol. The van der Waals surface area contributed by atoms with Crippen molar-refractivity contribution in [2.75, 3.05) is 32.8 Å². The Morgan fingerprint density at radius 1 is 1.32 bits per heavy atom. The molecule has 3 rings (SSSR count). The lowest BCUT2D eigenvalue weighted by molar-refractivity contribution is 0.0342. The van der Waals surface area contributed by atoms with Gasteiger partial charge in [-0.3, -0.25) is 9.69 Å². The molecule has 1 fully saturated rings. The van der Waals surface area contributed by atoms with Crippen molar-refractivity contribution in [2.45, 2.75) is 19.9 Å². The van der Waals surface area contributed by atoms with Crippen LogP contribution in [0.2, 0.25) is 0 Å². The fourth-order valence-corrected chi connectivity index (χ4v) is 2.96. The standard InChI is InChI=1S/C18H22FN3O3/c1-12(11-22-7-9-24-10-8-22)20-18(23)16-13(2)25-21-17(16)14-3-5-15(19)6-4-14/h3-6,12H,7-11H2,1-2H3,(H,20,23). The van der Waals surface area contributed by atoms with Gasteiger partial charge in [0.2, 0.25) is 0 Å².